The van der Waals surface area contributed by atoms with E-state index >= 15 is 0 Å². The molecule has 6 nitrogen and oxygen atoms in total. The quantitative estimate of drug-likeness (QED) is 0.212. The fourth-order valence-electron chi connectivity index (χ4n) is 2.64. The van der Waals surface area contributed by atoms with Crippen molar-refractivity contribution >= 4 is 41.3 Å². The summed E-state index contributed by atoms with van der Waals surface area (Å²) in [5, 5.41) is 6.42. The van der Waals surface area contributed by atoms with Gasteiger partial charge in [-0.1, -0.05) is 18.1 Å². The van der Waals surface area contributed by atoms with Crippen LogP contribution in [0.2, 0.25) is 0 Å². The third-order valence-corrected chi connectivity index (χ3v) is 5.33. The van der Waals surface area contributed by atoms with Gasteiger partial charge in [0.2, 0.25) is 0 Å². The van der Waals surface area contributed by atoms with Crippen molar-refractivity contribution in [2.75, 3.05) is 33.9 Å². The minimum atomic E-state index is 0. The zero-order valence-electron chi connectivity index (χ0n) is 18.1. The van der Waals surface area contributed by atoms with Crippen molar-refractivity contribution in [1.82, 2.24) is 15.2 Å². The summed E-state index contributed by atoms with van der Waals surface area (Å²) in [6.45, 7) is 6.56. The molecular weight excluding hydrogens is 511 g/mol. The predicted octanol–water partition coefficient (Wildman–Crippen LogP) is 4.12. The summed E-state index contributed by atoms with van der Waals surface area (Å²) in [6.07, 6.45) is 6.08. The van der Waals surface area contributed by atoms with E-state index in [1.54, 1.807) is 18.4 Å². The molecule has 0 aliphatic rings. The second-order valence-corrected chi connectivity index (χ2v) is 7.42. The van der Waals surface area contributed by atoms with Crippen molar-refractivity contribution in [2.45, 2.75) is 32.9 Å². The van der Waals surface area contributed by atoms with Crippen LogP contribution in [-0.2, 0) is 17.7 Å². The van der Waals surface area contributed by atoms with Gasteiger partial charge < -0.3 is 19.7 Å². The number of halogens is 1. The first-order valence-corrected chi connectivity index (χ1v) is 10.6. The monoisotopic (exact) mass is 542 g/mol. The summed E-state index contributed by atoms with van der Waals surface area (Å²) < 4.78 is 10.7. The number of aromatic nitrogens is 1. The molecule has 0 aliphatic heterocycles. The average molecular weight is 542 g/mol. The highest BCUT2D eigenvalue weighted by Gasteiger charge is 2.12. The van der Waals surface area contributed by atoms with Gasteiger partial charge in [-0.2, -0.15) is 0 Å². The lowest BCUT2D eigenvalue weighted by Crippen LogP contribution is -2.38. The van der Waals surface area contributed by atoms with E-state index in [1.807, 2.05) is 38.2 Å². The number of terminal acetylenes is 1. The number of nitrogens with zero attached hydrogens (tertiary/aromatic N) is 3. The molecule has 0 amide bonds. The number of methoxy groups -OCH3 is 1. The van der Waals surface area contributed by atoms with Crippen LogP contribution < -0.4 is 10.1 Å². The molecule has 0 aliphatic carbocycles. The minimum absolute atomic E-state index is 0. The van der Waals surface area contributed by atoms with Crippen LogP contribution in [0.3, 0.4) is 0 Å². The molecule has 1 N–H and O–H groups in total. The van der Waals surface area contributed by atoms with Gasteiger partial charge >= 0.3 is 0 Å². The zero-order chi connectivity index (χ0) is 21.1. The van der Waals surface area contributed by atoms with Gasteiger partial charge in [-0.25, -0.2) is 4.98 Å². The molecule has 0 saturated carbocycles. The van der Waals surface area contributed by atoms with E-state index in [9.17, 15) is 0 Å². The lowest BCUT2D eigenvalue weighted by atomic mass is 10.1. The fourth-order valence-corrected chi connectivity index (χ4v) is 3.48. The van der Waals surface area contributed by atoms with Crippen molar-refractivity contribution in [3.63, 3.8) is 0 Å². The third kappa shape index (κ3) is 8.50. The molecule has 1 heterocycles. The van der Waals surface area contributed by atoms with E-state index in [1.165, 1.54) is 5.56 Å². The van der Waals surface area contributed by atoms with E-state index in [-0.39, 0.29) is 36.7 Å². The van der Waals surface area contributed by atoms with E-state index in [4.69, 9.17) is 20.9 Å². The second-order valence-electron chi connectivity index (χ2n) is 6.53. The number of ether oxygens (including phenoxy) is 2. The number of nitrogens with one attached hydrogen (secondary N) is 1. The van der Waals surface area contributed by atoms with Gasteiger partial charge in [0.1, 0.15) is 23.5 Å². The lowest BCUT2D eigenvalue weighted by Gasteiger charge is -2.21. The number of thiazole rings is 1. The summed E-state index contributed by atoms with van der Waals surface area (Å²) in [7, 11) is 3.73. The van der Waals surface area contributed by atoms with Gasteiger partial charge in [-0.15, -0.1) is 41.7 Å². The summed E-state index contributed by atoms with van der Waals surface area (Å²) in [5.74, 6) is 4.12. The van der Waals surface area contributed by atoms with Crippen LogP contribution in [0, 0.1) is 12.3 Å². The molecule has 0 spiro atoms. The number of aliphatic imine (C=N–C) groups is 1. The third-order valence-electron chi connectivity index (χ3n) is 4.27. The maximum atomic E-state index is 5.40. The average Bonchev–Trinajstić information content (AvgIpc) is 3.20. The molecule has 2 aromatic rings. The van der Waals surface area contributed by atoms with Gasteiger partial charge in [-0.05, 0) is 38.0 Å². The normalized spacial score (nSPS) is 11.9. The highest BCUT2D eigenvalue weighted by molar-refractivity contribution is 14.0. The standard InChI is InChI=1S/C22H30N4O2S.HI/c1-6-14-28-20-10-8-18(9-11-20)12-13-24-22(23-7-2)26(4)15-19-16-29-21(25-19)17(3)27-5;/h1,8-11,16-17H,7,12-15H2,2-5H3,(H,23,24);1H. The fraction of sp³-hybridized carbons (Fsp3) is 0.455. The molecule has 1 aromatic heterocycles. The van der Waals surface area contributed by atoms with Gasteiger partial charge in [0.15, 0.2) is 5.96 Å². The zero-order valence-corrected chi connectivity index (χ0v) is 21.2. The first-order valence-electron chi connectivity index (χ1n) is 9.69. The Bertz CT molecular complexity index is 817. The Morgan fingerprint density at radius 2 is 2.10 bits per heavy atom. The number of benzene rings is 1. The molecule has 164 valence electrons. The topological polar surface area (TPSA) is 59.0 Å². The van der Waals surface area contributed by atoms with Crippen LogP contribution in [-0.4, -0.2) is 49.7 Å². The van der Waals surface area contributed by atoms with Crippen LogP contribution in [0.1, 0.15) is 36.2 Å². The molecule has 1 atom stereocenters. The molecular formula is C22H31IN4O2S. The number of hydrogen-bond acceptors (Lipinski definition) is 5. The Morgan fingerprint density at radius 1 is 1.37 bits per heavy atom. The number of hydrogen-bond donors (Lipinski definition) is 1. The second kappa shape index (κ2) is 14.2. The number of rotatable bonds is 10. The molecule has 1 aromatic carbocycles. The van der Waals surface area contributed by atoms with Crippen molar-refractivity contribution in [1.29, 1.82) is 0 Å². The summed E-state index contributed by atoms with van der Waals surface area (Å²) in [4.78, 5) is 11.5. The summed E-state index contributed by atoms with van der Waals surface area (Å²) >= 11 is 1.63. The highest BCUT2D eigenvalue weighted by atomic mass is 127. The van der Waals surface area contributed by atoms with Crippen LogP contribution in [0.5, 0.6) is 5.75 Å². The SMILES string of the molecule is C#CCOc1ccc(CCN=C(NCC)N(C)Cc2csc(C(C)OC)n2)cc1.I. The Kier molecular flexibility index (Phi) is 12.4. The summed E-state index contributed by atoms with van der Waals surface area (Å²) in [5.41, 5.74) is 2.22. The summed E-state index contributed by atoms with van der Waals surface area (Å²) in [6, 6.07) is 7.97. The van der Waals surface area contributed by atoms with Crippen LogP contribution in [0.4, 0.5) is 0 Å². The molecule has 30 heavy (non-hydrogen) atoms. The molecule has 1 unspecified atom stereocenters. The van der Waals surface area contributed by atoms with Gasteiger partial charge in [0.25, 0.3) is 0 Å². The molecule has 0 saturated heterocycles. The smallest absolute Gasteiger partial charge is 0.194 e. The van der Waals surface area contributed by atoms with Crippen LogP contribution in [0.25, 0.3) is 0 Å². The lowest BCUT2D eigenvalue weighted by molar-refractivity contribution is 0.119. The first-order chi connectivity index (χ1) is 14.1. The van der Waals surface area contributed by atoms with E-state index in [2.05, 4.69) is 33.4 Å². The Hall–Kier alpha value is -1.83. The number of guanidine groups is 1. The van der Waals surface area contributed by atoms with Crippen molar-refractivity contribution in [3.8, 4) is 18.1 Å². The molecule has 2 rings (SSSR count). The Balaban J connectivity index is 0.00000450. The first kappa shape index (κ1) is 26.2. The molecule has 0 fully saturated rings. The van der Waals surface area contributed by atoms with Gasteiger partial charge in [0.05, 0.1) is 12.2 Å². The van der Waals surface area contributed by atoms with Gasteiger partial charge in [-0.3, -0.25) is 4.99 Å². The van der Waals surface area contributed by atoms with Crippen molar-refractivity contribution in [3.05, 3.63) is 45.9 Å². The Labute approximate surface area is 201 Å². The maximum absolute atomic E-state index is 5.40. The molecule has 0 bridgehead atoms. The molecule has 0 radical (unpaired) electrons. The van der Waals surface area contributed by atoms with Gasteiger partial charge in [0, 0.05) is 32.6 Å². The van der Waals surface area contributed by atoms with Crippen molar-refractivity contribution in [2.24, 2.45) is 4.99 Å². The largest absolute Gasteiger partial charge is 0.481 e. The van der Waals surface area contributed by atoms with Crippen LogP contribution in [0.15, 0.2) is 34.6 Å². The maximum Gasteiger partial charge on any atom is 0.194 e. The predicted molar refractivity (Wildman–Crippen MR) is 135 cm³/mol. The Morgan fingerprint density at radius 3 is 2.73 bits per heavy atom. The van der Waals surface area contributed by atoms with E-state index in [0.29, 0.717) is 13.1 Å². The van der Waals surface area contributed by atoms with E-state index in [0.717, 1.165) is 35.4 Å². The molecule has 8 heteroatoms. The van der Waals surface area contributed by atoms with Crippen molar-refractivity contribution < 1.29 is 9.47 Å². The highest BCUT2D eigenvalue weighted by Crippen LogP contribution is 2.21. The van der Waals surface area contributed by atoms with E-state index < -0.39 is 0 Å². The minimum Gasteiger partial charge on any atom is -0.481 e. The van der Waals surface area contributed by atoms with Crippen LogP contribution >= 0.6 is 35.3 Å².